The van der Waals surface area contributed by atoms with Crippen molar-refractivity contribution in [3.63, 3.8) is 0 Å². The van der Waals surface area contributed by atoms with Crippen molar-refractivity contribution in [1.29, 1.82) is 0 Å². The lowest BCUT2D eigenvalue weighted by Crippen LogP contribution is -2.42. The van der Waals surface area contributed by atoms with E-state index >= 15 is 0 Å². The minimum absolute atomic E-state index is 0.156. The normalized spacial score (nSPS) is 24.8. The first-order valence-corrected chi connectivity index (χ1v) is 7.94. The second-order valence-electron chi connectivity index (χ2n) is 5.67. The molecule has 1 aliphatic carbocycles. The lowest BCUT2D eigenvalue weighted by Gasteiger charge is -2.44. The quantitative estimate of drug-likeness (QED) is 0.627. The Morgan fingerprint density at radius 1 is 1.12 bits per heavy atom. The molecule has 1 N–H and O–H groups in total. The molecule has 98 valence electrons. The van der Waals surface area contributed by atoms with E-state index in [4.69, 9.17) is 0 Å². The number of hydrogen-bond donors (Lipinski definition) is 1. The molecule has 1 saturated heterocycles. The topological polar surface area (TPSA) is 32.3 Å². The van der Waals surface area contributed by atoms with E-state index in [1.54, 1.807) is 0 Å². The maximum Gasteiger partial charge on any atom is 0.229 e. The van der Waals surface area contributed by atoms with Crippen LogP contribution >= 0.6 is 22.9 Å². The highest BCUT2D eigenvalue weighted by Gasteiger charge is 2.35. The van der Waals surface area contributed by atoms with Crippen LogP contribution in [0.15, 0.2) is 0 Å². The number of nitrogens with one attached hydrogen (secondary N) is 1. The van der Waals surface area contributed by atoms with Gasteiger partial charge in [0.15, 0.2) is 0 Å². The van der Waals surface area contributed by atoms with Gasteiger partial charge in [-0.1, -0.05) is 19.3 Å². The van der Waals surface area contributed by atoms with E-state index in [1.807, 2.05) is 22.9 Å². The Morgan fingerprint density at radius 3 is 2.35 bits per heavy atom. The Balaban J connectivity index is 1.72. The summed E-state index contributed by atoms with van der Waals surface area (Å²) in [4.78, 5) is 13.7. The Bertz CT molecular complexity index is 254. The Morgan fingerprint density at radius 2 is 1.76 bits per heavy atom. The molecule has 3 nitrogen and oxygen atoms in total. The Hall–Kier alpha value is 0.160. The van der Waals surface area contributed by atoms with Crippen molar-refractivity contribution in [2.24, 2.45) is 5.41 Å². The first-order valence-electron chi connectivity index (χ1n) is 6.86. The van der Waals surface area contributed by atoms with Crippen LogP contribution in [0.2, 0.25) is 0 Å². The van der Waals surface area contributed by atoms with Crippen LogP contribution in [0.3, 0.4) is 0 Å². The molecule has 0 radical (unpaired) electrons. The van der Waals surface area contributed by atoms with Crippen molar-refractivity contribution in [1.82, 2.24) is 8.43 Å². The molecule has 1 aliphatic heterocycles. The summed E-state index contributed by atoms with van der Waals surface area (Å²) in [6.07, 6.45) is 10.6. The van der Waals surface area contributed by atoms with Crippen molar-refractivity contribution in [2.45, 2.75) is 51.4 Å². The molecule has 0 aromatic heterocycles. The van der Waals surface area contributed by atoms with Crippen molar-refractivity contribution in [2.75, 3.05) is 19.6 Å². The van der Waals surface area contributed by atoms with E-state index in [0.29, 0.717) is 11.8 Å². The van der Waals surface area contributed by atoms with Crippen molar-refractivity contribution < 1.29 is 4.79 Å². The van der Waals surface area contributed by atoms with Crippen molar-refractivity contribution >= 4 is 28.8 Å². The van der Waals surface area contributed by atoms with Crippen LogP contribution < -0.4 is 3.53 Å². The predicted octanol–water partition coefficient (Wildman–Crippen LogP) is 2.89. The number of nitrogens with zero attached hydrogens (tertiary/aromatic N) is 1. The van der Waals surface area contributed by atoms with Gasteiger partial charge in [0.25, 0.3) is 0 Å². The molecule has 1 spiro atoms. The molecule has 2 aliphatic rings. The minimum atomic E-state index is 0.156. The second-order valence-corrected chi connectivity index (χ2v) is 6.21. The highest BCUT2D eigenvalue weighted by molar-refractivity contribution is 14.1. The third kappa shape index (κ3) is 3.81. The van der Waals surface area contributed by atoms with Crippen LogP contribution in [-0.4, -0.2) is 30.4 Å². The van der Waals surface area contributed by atoms with Crippen LogP contribution in [0, 0.1) is 5.41 Å². The lowest BCUT2D eigenvalue weighted by atomic mass is 9.68. The number of halogens is 1. The maximum atomic E-state index is 11.2. The largest absolute Gasteiger partial charge is 0.303 e. The lowest BCUT2D eigenvalue weighted by molar-refractivity contribution is -0.119. The molecular formula is C13H23IN2O. The monoisotopic (exact) mass is 350 g/mol. The highest BCUT2D eigenvalue weighted by Crippen LogP contribution is 2.44. The van der Waals surface area contributed by atoms with Crippen LogP contribution in [0.1, 0.15) is 51.4 Å². The number of rotatable bonds is 3. The molecule has 2 fully saturated rings. The molecule has 1 heterocycles. The molecule has 4 heteroatoms. The van der Waals surface area contributed by atoms with Crippen molar-refractivity contribution in [3.8, 4) is 0 Å². The van der Waals surface area contributed by atoms with Crippen LogP contribution in [0.25, 0.3) is 0 Å². The summed E-state index contributed by atoms with van der Waals surface area (Å²) >= 11 is 1.92. The van der Waals surface area contributed by atoms with Gasteiger partial charge in [-0.05, 0) is 44.2 Å². The third-order valence-corrected chi connectivity index (χ3v) is 5.19. The average Bonchev–Trinajstić information content (AvgIpc) is 2.39. The molecule has 1 amide bonds. The molecule has 0 unspecified atom stereocenters. The van der Waals surface area contributed by atoms with Gasteiger partial charge < -0.3 is 4.90 Å². The van der Waals surface area contributed by atoms with Crippen molar-refractivity contribution in [3.05, 3.63) is 0 Å². The number of likely N-dealkylation sites (tertiary alicyclic amines) is 1. The SMILES string of the molecule is O=C(CCN1CCC2(CCCCC2)CC1)NI. The summed E-state index contributed by atoms with van der Waals surface area (Å²) in [6.45, 7) is 3.34. The molecular weight excluding hydrogens is 327 g/mol. The summed E-state index contributed by atoms with van der Waals surface area (Å²) in [5, 5.41) is 0. The standard InChI is InChI=1S/C13H23IN2O/c14-15-12(17)4-9-16-10-7-13(8-11-16)5-2-1-3-6-13/h1-11H2,(H,15,17). The number of amides is 1. The predicted molar refractivity (Wildman–Crippen MR) is 78.0 cm³/mol. The number of carbonyl (C=O) groups is 1. The fourth-order valence-electron chi connectivity index (χ4n) is 3.36. The molecule has 0 bridgehead atoms. The van der Waals surface area contributed by atoms with E-state index in [2.05, 4.69) is 8.43 Å². The zero-order chi connectivity index (χ0) is 12.1. The Kier molecular flexibility index (Phi) is 5.09. The van der Waals surface area contributed by atoms with E-state index in [9.17, 15) is 4.79 Å². The number of piperidine rings is 1. The second kappa shape index (κ2) is 6.36. The third-order valence-electron chi connectivity index (χ3n) is 4.59. The summed E-state index contributed by atoms with van der Waals surface area (Å²) < 4.78 is 2.67. The van der Waals surface area contributed by atoms with Gasteiger partial charge in [-0.3, -0.25) is 8.32 Å². The first-order chi connectivity index (χ1) is 8.24. The highest BCUT2D eigenvalue weighted by atomic mass is 127. The summed E-state index contributed by atoms with van der Waals surface area (Å²) in [5.74, 6) is 0.156. The van der Waals surface area contributed by atoms with Gasteiger partial charge in [-0.2, -0.15) is 0 Å². The first kappa shape index (κ1) is 13.6. The van der Waals surface area contributed by atoms with Gasteiger partial charge in [-0.25, -0.2) is 0 Å². The fourth-order valence-corrected chi connectivity index (χ4v) is 3.63. The van der Waals surface area contributed by atoms with Gasteiger partial charge in [0, 0.05) is 13.0 Å². The van der Waals surface area contributed by atoms with E-state index in [-0.39, 0.29) is 5.91 Å². The minimum Gasteiger partial charge on any atom is -0.303 e. The van der Waals surface area contributed by atoms with Gasteiger partial charge >= 0.3 is 0 Å². The molecule has 0 atom stereocenters. The molecule has 1 saturated carbocycles. The zero-order valence-electron chi connectivity index (χ0n) is 10.5. The van der Waals surface area contributed by atoms with E-state index in [1.165, 1.54) is 58.0 Å². The molecule has 2 rings (SSSR count). The summed E-state index contributed by atoms with van der Waals surface area (Å²) in [5.41, 5.74) is 0.681. The number of carbonyl (C=O) groups excluding carboxylic acids is 1. The zero-order valence-corrected chi connectivity index (χ0v) is 12.7. The average molecular weight is 350 g/mol. The molecule has 0 aromatic rings. The van der Waals surface area contributed by atoms with Gasteiger partial charge in [0.1, 0.15) is 0 Å². The van der Waals surface area contributed by atoms with Gasteiger partial charge in [0.05, 0.1) is 22.9 Å². The van der Waals surface area contributed by atoms with Crippen LogP contribution in [0.5, 0.6) is 0 Å². The Labute approximate surface area is 118 Å². The summed E-state index contributed by atoms with van der Waals surface area (Å²) in [6, 6.07) is 0. The fraction of sp³-hybridized carbons (Fsp3) is 0.923. The van der Waals surface area contributed by atoms with Crippen LogP contribution in [0.4, 0.5) is 0 Å². The molecule has 17 heavy (non-hydrogen) atoms. The van der Waals surface area contributed by atoms with E-state index < -0.39 is 0 Å². The van der Waals surface area contributed by atoms with Gasteiger partial charge in [0.2, 0.25) is 5.91 Å². The molecule has 0 aromatic carbocycles. The van der Waals surface area contributed by atoms with Gasteiger partial charge in [-0.15, -0.1) is 0 Å². The van der Waals surface area contributed by atoms with Crippen LogP contribution in [-0.2, 0) is 4.79 Å². The number of hydrogen-bond acceptors (Lipinski definition) is 2. The maximum absolute atomic E-state index is 11.2. The summed E-state index contributed by atoms with van der Waals surface area (Å²) in [7, 11) is 0. The van der Waals surface area contributed by atoms with E-state index in [0.717, 1.165) is 6.54 Å². The smallest absolute Gasteiger partial charge is 0.229 e.